The van der Waals surface area contributed by atoms with E-state index in [2.05, 4.69) is 9.97 Å². The summed E-state index contributed by atoms with van der Waals surface area (Å²) in [7, 11) is 3.10. The topological polar surface area (TPSA) is 93.4 Å². The van der Waals surface area contributed by atoms with Crippen LogP contribution in [-0.4, -0.2) is 24.2 Å². The van der Waals surface area contributed by atoms with Crippen LogP contribution in [0.1, 0.15) is 5.56 Å². The van der Waals surface area contributed by atoms with Gasteiger partial charge in [-0.05, 0) is 29.3 Å². The van der Waals surface area contributed by atoms with Gasteiger partial charge < -0.3 is 24.2 Å². The molecule has 2 heterocycles. The summed E-state index contributed by atoms with van der Waals surface area (Å²) in [6.07, 6.45) is 1.62. The van der Waals surface area contributed by atoms with Crippen LogP contribution in [0.5, 0.6) is 17.2 Å². The van der Waals surface area contributed by atoms with Crippen LogP contribution < -0.4 is 25.1 Å². The molecule has 0 aliphatic carbocycles. The van der Waals surface area contributed by atoms with E-state index in [-0.39, 0.29) is 10.9 Å². The summed E-state index contributed by atoms with van der Waals surface area (Å²) in [5.74, 6) is 1.73. The lowest BCUT2D eigenvalue weighted by molar-refractivity contribution is 0.306. The van der Waals surface area contributed by atoms with Crippen molar-refractivity contribution in [3.63, 3.8) is 0 Å². The van der Waals surface area contributed by atoms with Crippen molar-refractivity contribution in [2.24, 2.45) is 0 Å². The van der Waals surface area contributed by atoms with Crippen LogP contribution in [0.4, 0.5) is 0 Å². The summed E-state index contributed by atoms with van der Waals surface area (Å²) < 4.78 is 16.6. The van der Waals surface area contributed by atoms with E-state index < -0.39 is 0 Å². The Kier molecular flexibility index (Phi) is 5.51. The molecule has 5 rings (SSSR count). The zero-order valence-corrected chi connectivity index (χ0v) is 18.7. The summed E-state index contributed by atoms with van der Waals surface area (Å²) in [6.45, 7) is 0.369. The minimum atomic E-state index is -0.105. The molecular weight excluding hydrogens is 432 g/mol. The van der Waals surface area contributed by atoms with E-state index in [0.29, 0.717) is 45.8 Å². The van der Waals surface area contributed by atoms with Gasteiger partial charge in [0.1, 0.15) is 12.4 Å². The molecule has 0 saturated heterocycles. The number of fused-ring (bicyclic) bond motifs is 2. The quantitative estimate of drug-likeness (QED) is 0.390. The maximum Gasteiger partial charge on any atom is 0.190 e. The largest absolute Gasteiger partial charge is 0.493 e. The molecule has 7 heteroatoms. The Morgan fingerprint density at radius 2 is 1.50 bits per heavy atom. The second-order valence-corrected chi connectivity index (χ2v) is 7.83. The number of hydrogen-bond acceptors (Lipinski definition) is 5. The molecule has 0 radical (unpaired) electrons. The van der Waals surface area contributed by atoms with Crippen LogP contribution in [0.2, 0.25) is 0 Å². The van der Waals surface area contributed by atoms with Crippen LogP contribution in [0.25, 0.3) is 33.1 Å². The number of rotatable bonds is 6. The van der Waals surface area contributed by atoms with Crippen LogP contribution in [0.3, 0.4) is 0 Å². The molecule has 170 valence electrons. The van der Waals surface area contributed by atoms with Crippen molar-refractivity contribution in [2.45, 2.75) is 6.61 Å². The van der Waals surface area contributed by atoms with Crippen LogP contribution >= 0.6 is 0 Å². The first-order chi connectivity index (χ1) is 16.6. The highest BCUT2D eigenvalue weighted by Crippen LogP contribution is 2.31. The van der Waals surface area contributed by atoms with Crippen molar-refractivity contribution in [3.8, 4) is 28.5 Å². The smallest absolute Gasteiger partial charge is 0.190 e. The fraction of sp³-hybridized carbons (Fsp3) is 0.111. The van der Waals surface area contributed by atoms with Gasteiger partial charge in [-0.2, -0.15) is 0 Å². The minimum Gasteiger partial charge on any atom is -0.493 e. The van der Waals surface area contributed by atoms with Crippen molar-refractivity contribution in [3.05, 3.63) is 98.9 Å². The van der Waals surface area contributed by atoms with Gasteiger partial charge in [-0.1, -0.05) is 24.3 Å². The van der Waals surface area contributed by atoms with Crippen molar-refractivity contribution in [2.75, 3.05) is 14.2 Å². The molecule has 0 saturated carbocycles. The molecule has 3 aromatic carbocycles. The second-order valence-electron chi connectivity index (χ2n) is 7.83. The van der Waals surface area contributed by atoms with E-state index in [1.165, 1.54) is 13.2 Å². The first-order valence-corrected chi connectivity index (χ1v) is 10.7. The van der Waals surface area contributed by atoms with Gasteiger partial charge in [-0.3, -0.25) is 9.59 Å². The number of ether oxygens (including phenoxy) is 3. The third-order valence-electron chi connectivity index (χ3n) is 5.73. The molecule has 0 aliphatic heterocycles. The summed E-state index contributed by atoms with van der Waals surface area (Å²) in [6, 6.07) is 19.7. The van der Waals surface area contributed by atoms with Gasteiger partial charge in [0.2, 0.25) is 0 Å². The third kappa shape index (κ3) is 3.99. The first kappa shape index (κ1) is 21.3. The van der Waals surface area contributed by atoms with Gasteiger partial charge in [0.15, 0.2) is 22.4 Å². The van der Waals surface area contributed by atoms with Crippen LogP contribution in [0, 0.1) is 0 Å². The number of pyridine rings is 2. The molecule has 7 nitrogen and oxygen atoms in total. The zero-order chi connectivity index (χ0) is 23.7. The van der Waals surface area contributed by atoms with Gasteiger partial charge in [0, 0.05) is 46.9 Å². The van der Waals surface area contributed by atoms with Crippen LogP contribution in [-0.2, 0) is 6.61 Å². The van der Waals surface area contributed by atoms with E-state index in [9.17, 15) is 9.59 Å². The lowest BCUT2D eigenvalue weighted by Gasteiger charge is -2.11. The lowest BCUT2D eigenvalue weighted by atomic mass is 10.1. The molecule has 0 unspecified atom stereocenters. The number of methoxy groups -OCH3 is 2. The van der Waals surface area contributed by atoms with Crippen molar-refractivity contribution in [1.29, 1.82) is 0 Å². The van der Waals surface area contributed by atoms with Gasteiger partial charge in [-0.25, -0.2) is 0 Å². The summed E-state index contributed by atoms with van der Waals surface area (Å²) in [5.41, 5.74) is 3.82. The average Bonchev–Trinajstić information content (AvgIpc) is 2.87. The molecule has 0 spiro atoms. The molecule has 5 aromatic rings. The number of aromatic amines is 2. The molecule has 34 heavy (non-hydrogen) atoms. The Labute approximate surface area is 194 Å². The number of benzene rings is 3. The number of nitrogens with one attached hydrogen (secondary N) is 2. The zero-order valence-electron chi connectivity index (χ0n) is 18.7. The van der Waals surface area contributed by atoms with Gasteiger partial charge in [-0.15, -0.1) is 0 Å². The highest BCUT2D eigenvalue weighted by atomic mass is 16.5. The second kappa shape index (κ2) is 8.78. The SMILES string of the molecule is COc1cc2[nH]c(-c3ccc(COc4ccc5c(=O)cc[nH]c5c4)cc3)cc(=O)c2cc1OC. The van der Waals surface area contributed by atoms with E-state index >= 15 is 0 Å². The Morgan fingerprint density at radius 1 is 0.735 bits per heavy atom. The Bertz CT molecular complexity index is 1620. The number of H-pyrrole nitrogens is 2. The molecule has 2 N–H and O–H groups in total. The normalized spacial score (nSPS) is 11.0. The van der Waals surface area contributed by atoms with Gasteiger partial charge in [0.05, 0.1) is 25.3 Å². The molecule has 0 amide bonds. The highest BCUT2D eigenvalue weighted by molar-refractivity contribution is 5.85. The van der Waals surface area contributed by atoms with Crippen molar-refractivity contribution >= 4 is 21.8 Å². The van der Waals surface area contributed by atoms with Crippen LogP contribution in [0.15, 0.2) is 82.5 Å². The standard InChI is InChI=1S/C27H22N2O5/c1-32-26-12-20-23(14-27(26)33-2)29-21(13-25(20)31)17-5-3-16(4-6-17)15-34-18-7-8-19-22(11-18)28-10-9-24(19)30/h3-14H,15H2,1-2H3,(H,28,30)(H,29,31). The Balaban J connectivity index is 1.37. The monoisotopic (exact) mass is 454 g/mol. The Morgan fingerprint density at radius 3 is 2.26 bits per heavy atom. The fourth-order valence-electron chi connectivity index (χ4n) is 3.92. The molecule has 0 fully saturated rings. The summed E-state index contributed by atoms with van der Waals surface area (Å²) in [5, 5.41) is 1.16. The molecule has 0 aliphatic rings. The number of hydrogen-bond donors (Lipinski definition) is 2. The average molecular weight is 454 g/mol. The number of aromatic nitrogens is 2. The summed E-state index contributed by atoms with van der Waals surface area (Å²) >= 11 is 0. The maximum atomic E-state index is 12.7. The van der Waals surface area contributed by atoms with Gasteiger partial charge >= 0.3 is 0 Å². The molecule has 2 aromatic heterocycles. The molecular formula is C27H22N2O5. The maximum absolute atomic E-state index is 12.7. The lowest BCUT2D eigenvalue weighted by Crippen LogP contribution is -2.04. The fourth-order valence-corrected chi connectivity index (χ4v) is 3.92. The van der Waals surface area contributed by atoms with E-state index in [1.807, 2.05) is 30.3 Å². The van der Waals surface area contributed by atoms with Crippen molar-refractivity contribution in [1.82, 2.24) is 9.97 Å². The van der Waals surface area contributed by atoms with E-state index in [1.54, 1.807) is 43.6 Å². The highest BCUT2D eigenvalue weighted by Gasteiger charge is 2.11. The minimum absolute atomic E-state index is 0.0276. The third-order valence-corrected chi connectivity index (χ3v) is 5.73. The predicted octanol–water partition coefficient (Wildman–Crippen LogP) is 4.63. The van der Waals surface area contributed by atoms with E-state index in [4.69, 9.17) is 14.2 Å². The predicted molar refractivity (Wildman–Crippen MR) is 132 cm³/mol. The molecule has 0 atom stereocenters. The van der Waals surface area contributed by atoms with Crippen molar-refractivity contribution < 1.29 is 14.2 Å². The van der Waals surface area contributed by atoms with E-state index in [0.717, 1.165) is 16.6 Å². The Hall–Kier alpha value is -4.52. The first-order valence-electron chi connectivity index (χ1n) is 10.7. The molecule has 0 bridgehead atoms. The summed E-state index contributed by atoms with van der Waals surface area (Å²) in [4.78, 5) is 31.0. The van der Waals surface area contributed by atoms with Gasteiger partial charge in [0.25, 0.3) is 0 Å².